The van der Waals surface area contributed by atoms with E-state index in [0.29, 0.717) is 34.8 Å². The number of benzene rings is 1. The van der Waals surface area contributed by atoms with Gasteiger partial charge in [-0.1, -0.05) is 43.6 Å². The van der Waals surface area contributed by atoms with Gasteiger partial charge in [0.1, 0.15) is 18.1 Å². The first-order valence-corrected chi connectivity index (χ1v) is 9.15. The number of hydrogen-bond donors (Lipinski definition) is 1. The lowest BCUT2D eigenvalue weighted by molar-refractivity contribution is -0.118. The SMILES string of the molecule is CC1(C)CC(=O)C2=C(C1)Oc1c(oc(CO)cc1=O)C2c1ccccc1Cl. The van der Waals surface area contributed by atoms with Gasteiger partial charge in [-0.15, -0.1) is 0 Å². The van der Waals surface area contributed by atoms with E-state index in [-0.39, 0.29) is 33.9 Å². The number of ether oxygens (including phenoxy) is 1. The maximum Gasteiger partial charge on any atom is 0.228 e. The first-order chi connectivity index (χ1) is 12.8. The zero-order valence-corrected chi connectivity index (χ0v) is 15.8. The van der Waals surface area contributed by atoms with Crippen molar-refractivity contribution >= 4 is 17.4 Å². The van der Waals surface area contributed by atoms with Gasteiger partial charge in [0.15, 0.2) is 11.5 Å². The molecule has 1 unspecified atom stereocenters. The molecule has 1 aliphatic heterocycles. The van der Waals surface area contributed by atoms with E-state index in [2.05, 4.69) is 0 Å². The lowest BCUT2D eigenvalue weighted by Gasteiger charge is -2.37. The lowest BCUT2D eigenvalue weighted by Crippen LogP contribution is -2.34. The van der Waals surface area contributed by atoms with Crippen LogP contribution in [0.3, 0.4) is 0 Å². The number of Topliss-reactive ketones (excluding diaryl/α,β-unsaturated/α-hetero) is 1. The average molecular weight is 387 g/mol. The quantitative estimate of drug-likeness (QED) is 0.845. The van der Waals surface area contributed by atoms with Crippen LogP contribution in [0.25, 0.3) is 0 Å². The summed E-state index contributed by atoms with van der Waals surface area (Å²) in [5, 5.41) is 9.92. The summed E-state index contributed by atoms with van der Waals surface area (Å²) in [6, 6.07) is 8.38. The summed E-state index contributed by atoms with van der Waals surface area (Å²) in [5.74, 6) is 0.201. The van der Waals surface area contributed by atoms with Crippen molar-refractivity contribution in [2.75, 3.05) is 0 Å². The molecule has 1 aliphatic carbocycles. The summed E-state index contributed by atoms with van der Waals surface area (Å²) in [4.78, 5) is 25.6. The van der Waals surface area contributed by atoms with Crippen LogP contribution in [0.5, 0.6) is 5.75 Å². The van der Waals surface area contributed by atoms with E-state index in [0.717, 1.165) is 0 Å². The van der Waals surface area contributed by atoms with Crippen LogP contribution in [0.4, 0.5) is 0 Å². The van der Waals surface area contributed by atoms with Gasteiger partial charge in [0, 0.05) is 29.5 Å². The highest BCUT2D eigenvalue weighted by Gasteiger charge is 2.44. The molecule has 0 fully saturated rings. The number of carbonyl (C=O) groups is 1. The molecule has 2 aromatic rings. The molecular weight excluding hydrogens is 368 g/mol. The Morgan fingerprint density at radius 1 is 1.22 bits per heavy atom. The fourth-order valence-corrected chi connectivity index (χ4v) is 4.11. The number of aliphatic hydroxyl groups is 1. The lowest BCUT2D eigenvalue weighted by atomic mass is 9.71. The third-order valence-corrected chi connectivity index (χ3v) is 5.35. The molecule has 6 heteroatoms. The second-order valence-corrected chi connectivity index (χ2v) is 8.17. The Morgan fingerprint density at radius 2 is 1.96 bits per heavy atom. The molecular formula is C21H19ClO5. The Kier molecular flexibility index (Phi) is 4.24. The predicted molar refractivity (Wildman–Crippen MR) is 99.9 cm³/mol. The van der Waals surface area contributed by atoms with Crippen LogP contribution < -0.4 is 10.2 Å². The second kappa shape index (κ2) is 6.36. The van der Waals surface area contributed by atoms with Crippen molar-refractivity contribution in [1.82, 2.24) is 0 Å². The average Bonchev–Trinajstić information content (AvgIpc) is 2.60. The molecule has 4 rings (SSSR count). The van der Waals surface area contributed by atoms with E-state index in [1.165, 1.54) is 6.07 Å². The Balaban J connectivity index is 2.02. The van der Waals surface area contributed by atoms with Crippen molar-refractivity contribution in [3.05, 3.63) is 74.0 Å². The largest absolute Gasteiger partial charge is 0.458 e. The molecule has 0 spiro atoms. The Labute approximate surface area is 161 Å². The molecule has 140 valence electrons. The van der Waals surface area contributed by atoms with Crippen LogP contribution in [-0.2, 0) is 11.4 Å². The fraction of sp³-hybridized carbons (Fsp3) is 0.333. The van der Waals surface area contributed by atoms with E-state index in [1.807, 2.05) is 26.0 Å². The number of fused-ring (bicyclic) bond motifs is 1. The minimum Gasteiger partial charge on any atom is -0.458 e. The molecule has 0 saturated carbocycles. The molecule has 5 nitrogen and oxygen atoms in total. The van der Waals surface area contributed by atoms with E-state index < -0.39 is 12.5 Å². The molecule has 1 aromatic heterocycles. The van der Waals surface area contributed by atoms with Crippen LogP contribution in [0.1, 0.15) is 49.7 Å². The number of aliphatic hydroxyl groups excluding tert-OH is 1. The highest BCUT2D eigenvalue weighted by atomic mass is 35.5. The van der Waals surface area contributed by atoms with E-state index in [1.54, 1.807) is 12.1 Å². The molecule has 27 heavy (non-hydrogen) atoms. The molecule has 2 heterocycles. The summed E-state index contributed by atoms with van der Waals surface area (Å²) >= 11 is 6.43. The number of carbonyl (C=O) groups excluding carboxylic acids is 1. The van der Waals surface area contributed by atoms with Gasteiger partial charge < -0.3 is 14.3 Å². The molecule has 0 amide bonds. The van der Waals surface area contributed by atoms with Crippen LogP contribution >= 0.6 is 11.6 Å². The Bertz CT molecular complexity index is 1030. The summed E-state index contributed by atoms with van der Waals surface area (Å²) in [6.07, 6.45) is 0.908. The summed E-state index contributed by atoms with van der Waals surface area (Å²) in [5.41, 5.74) is 0.499. The van der Waals surface area contributed by atoms with Gasteiger partial charge >= 0.3 is 0 Å². The standard InChI is InChI=1S/C21H19ClO5/c1-21(2)8-15(25)18-16(9-21)27-19-14(24)7-11(10-23)26-20(19)17(18)12-5-3-4-6-13(12)22/h3-7,17,23H,8-10H2,1-2H3. The maximum absolute atomic E-state index is 13.0. The molecule has 1 N–H and O–H groups in total. The topological polar surface area (TPSA) is 76.7 Å². The van der Waals surface area contributed by atoms with Gasteiger partial charge in [-0.25, -0.2) is 0 Å². The normalized spacial score (nSPS) is 20.7. The Hall–Kier alpha value is -2.37. The summed E-state index contributed by atoms with van der Waals surface area (Å²) < 4.78 is 11.7. The number of rotatable bonds is 2. The third kappa shape index (κ3) is 3.01. The second-order valence-electron chi connectivity index (χ2n) is 7.76. The van der Waals surface area contributed by atoms with Gasteiger partial charge in [-0.2, -0.15) is 0 Å². The monoisotopic (exact) mass is 386 g/mol. The van der Waals surface area contributed by atoms with Crippen molar-refractivity contribution in [2.24, 2.45) is 5.41 Å². The van der Waals surface area contributed by atoms with Crippen LogP contribution in [0.15, 0.2) is 50.9 Å². The third-order valence-electron chi connectivity index (χ3n) is 5.01. The first-order valence-electron chi connectivity index (χ1n) is 8.77. The van der Waals surface area contributed by atoms with Crippen molar-refractivity contribution < 1.29 is 19.1 Å². The smallest absolute Gasteiger partial charge is 0.228 e. The van der Waals surface area contributed by atoms with E-state index in [9.17, 15) is 14.7 Å². The van der Waals surface area contributed by atoms with Crippen LogP contribution in [0, 0.1) is 5.41 Å². The maximum atomic E-state index is 13.0. The van der Waals surface area contributed by atoms with Crippen LogP contribution in [0.2, 0.25) is 5.02 Å². The molecule has 0 radical (unpaired) electrons. The number of halogens is 1. The highest BCUT2D eigenvalue weighted by Crippen LogP contribution is 2.50. The minimum absolute atomic E-state index is 0.0473. The predicted octanol–water partition coefficient (Wildman–Crippen LogP) is 3.95. The first kappa shape index (κ1) is 18.0. The van der Waals surface area contributed by atoms with Crippen molar-refractivity contribution in [1.29, 1.82) is 0 Å². The van der Waals surface area contributed by atoms with Crippen molar-refractivity contribution in [3.8, 4) is 5.75 Å². The Morgan fingerprint density at radius 3 is 2.67 bits per heavy atom. The van der Waals surface area contributed by atoms with E-state index in [4.69, 9.17) is 20.8 Å². The summed E-state index contributed by atoms with van der Waals surface area (Å²) in [6.45, 7) is 3.56. The molecule has 1 aromatic carbocycles. The number of allylic oxidation sites excluding steroid dienone is 2. The van der Waals surface area contributed by atoms with Gasteiger partial charge in [0.05, 0.1) is 5.92 Å². The van der Waals surface area contributed by atoms with Gasteiger partial charge in [0.2, 0.25) is 11.2 Å². The molecule has 1 atom stereocenters. The highest BCUT2D eigenvalue weighted by molar-refractivity contribution is 6.31. The molecule has 2 aliphatic rings. The zero-order valence-electron chi connectivity index (χ0n) is 15.0. The van der Waals surface area contributed by atoms with E-state index >= 15 is 0 Å². The summed E-state index contributed by atoms with van der Waals surface area (Å²) in [7, 11) is 0. The van der Waals surface area contributed by atoms with Crippen molar-refractivity contribution in [3.63, 3.8) is 0 Å². The van der Waals surface area contributed by atoms with Gasteiger partial charge in [0.25, 0.3) is 0 Å². The van der Waals surface area contributed by atoms with Gasteiger partial charge in [-0.3, -0.25) is 9.59 Å². The minimum atomic E-state index is -0.639. The fourth-order valence-electron chi connectivity index (χ4n) is 3.87. The number of hydrogen-bond acceptors (Lipinski definition) is 5. The van der Waals surface area contributed by atoms with Crippen LogP contribution in [-0.4, -0.2) is 10.9 Å². The zero-order chi connectivity index (χ0) is 19.3. The molecule has 0 saturated heterocycles. The molecule has 0 bridgehead atoms. The van der Waals surface area contributed by atoms with Crippen molar-refractivity contribution in [2.45, 2.75) is 39.2 Å². The number of ketones is 1. The van der Waals surface area contributed by atoms with Gasteiger partial charge in [-0.05, 0) is 17.0 Å².